The van der Waals surface area contributed by atoms with E-state index in [-0.39, 0.29) is 36.3 Å². The lowest BCUT2D eigenvalue weighted by molar-refractivity contribution is -0.267. The summed E-state index contributed by atoms with van der Waals surface area (Å²) in [4.78, 5) is 29.4. The van der Waals surface area contributed by atoms with Gasteiger partial charge in [-0.3, -0.25) is 9.59 Å². The average Bonchev–Trinajstić information content (AvgIpc) is 2.40. The van der Waals surface area contributed by atoms with E-state index in [0.29, 0.717) is 6.61 Å². The van der Waals surface area contributed by atoms with E-state index in [2.05, 4.69) is 27.7 Å². The highest BCUT2D eigenvalue weighted by atomic mass is 16.7. The van der Waals surface area contributed by atoms with Crippen LogP contribution in [0.15, 0.2) is 0 Å². The molecule has 6 nitrogen and oxygen atoms in total. The van der Waals surface area contributed by atoms with Crippen LogP contribution in [0.25, 0.3) is 0 Å². The number of aliphatic hydroxyl groups is 1. The molecule has 0 spiro atoms. The zero-order valence-electron chi connectivity index (χ0n) is 16.0. The number of ether oxygens (including phenoxy) is 1. The summed E-state index contributed by atoms with van der Waals surface area (Å²) in [5, 5.41) is 12.1. The lowest BCUT2D eigenvalue weighted by Gasteiger charge is -2.50. The third kappa shape index (κ3) is 6.06. The van der Waals surface area contributed by atoms with E-state index < -0.39 is 11.6 Å². The van der Waals surface area contributed by atoms with Crippen molar-refractivity contribution in [3.05, 3.63) is 0 Å². The quantitative estimate of drug-likeness (QED) is 0.716. The van der Waals surface area contributed by atoms with Gasteiger partial charge in [-0.15, -0.1) is 5.06 Å². The molecule has 1 heterocycles. The molecule has 1 fully saturated rings. The Balaban J connectivity index is 2.61. The smallest absolute Gasteiger partial charge is 0.327 e. The molecular weight excluding hydrogens is 310 g/mol. The van der Waals surface area contributed by atoms with Crippen molar-refractivity contribution in [2.24, 2.45) is 0 Å². The zero-order valence-corrected chi connectivity index (χ0v) is 16.0. The fourth-order valence-corrected chi connectivity index (χ4v) is 3.36. The van der Waals surface area contributed by atoms with Gasteiger partial charge in [0.05, 0.1) is 29.7 Å². The first kappa shape index (κ1) is 20.9. The summed E-state index contributed by atoms with van der Waals surface area (Å²) in [5.41, 5.74) is -1.78. The minimum Gasteiger partial charge on any atom is -0.466 e. The third-order valence-corrected chi connectivity index (χ3v) is 4.57. The Bertz CT molecular complexity index is 440. The molecule has 24 heavy (non-hydrogen) atoms. The molecular formula is C18H33NO5. The van der Waals surface area contributed by atoms with Gasteiger partial charge in [-0.05, 0) is 67.2 Å². The lowest BCUT2D eigenvalue weighted by Crippen LogP contribution is -2.59. The van der Waals surface area contributed by atoms with Gasteiger partial charge in [-0.2, -0.15) is 0 Å². The van der Waals surface area contributed by atoms with Gasteiger partial charge < -0.3 is 14.7 Å². The number of carbonyl (C=O) groups excluding carboxylic acids is 2. The molecule has 0 aliphatic carbocycles. The van der Waals surface area contributed by atoms with Gasteiger partial charge in [0.25, 0.3) is 0 Å². The van der Waals surface area contributed by atoms with E-state index in [1.807, 2.05) is 0 Å². The van der Waals surface area contributed by atoms with Crippen LogP contribution in [-0.2, 0) is 19.2 Å². The minimum atomic E-state index is -1.30. The molecule has 1 aliphatic heterocycles. The number of rotatable bonds is 7. The summed E-state index contributed by atoms with van der Waals surface area (Å²) in [5.74, 6) is -0.851. The fraction of sp³-hybridized carbons (Fsp3) is 0.889. The first-order valence-electron chi connectivity index (χ1n) is 8.79. The molecule has 0 aromatic rings. The van der Waals surface area contributed by atoms with E-state index in [0.717, 1.165) is 19.3 Å². The van der Waals surface area contributed by atoms with Crippen molar-refractivity contribution in [1.29, 1.82) is 0 Å². The number of nitrogens with zero attached hydrogens (tertiary/aromatic N) is 1. The molecule has 1 aliphatic rings. The maximum absolute atomic E-state index is 12.3. The number of esters is 1. The van der Waals surface area contributed by atoms with Crippen molar-refractivity contribution < 1.29 is 24.3 Å². The van der Waals surface area contributed by atoms with E-state index in [4.69, 9.17) is 9.57 Å². The van der Waals surface area contributed by atoms with Gasteiger partial charge in [0, 0.05) is 6.42 Å². The Labute approximate surface area is 145 Å². The van der Waals surface area contributed by atoms with Crippen molar-refractivity contribution in [1.82, 2.24) is 5.06 Å². The Hall–Kier alpha value is -1.14. The van der Waals surface area contributed by atoms with Gasteiger partial charge in [0.1, 0.15) is 0 Å². The van der Waals surface area contributed by atoms with Crippen LogP contribution < -0.4 is 0 Å². The van der Waals surface area contributed by atoms with Crippen molar-refractivity contribution in [3.8, 4) is 0 Å². The average molecular weight is 343 g/mol. The molecule has 0 bridgehead atoms. The third-order valence-electron chi connectivity index (χ3n) is 4.57. The van der Waals surface area contributed by atoms with Crippen LogP contribution in [0.5, 0.6) is 0 Å². The summed E-state index contributed by atoms with van der Waals surface area (Å²) in [6.45, 7) is 11.8. The van der Waals surface area contributed by atoms with E-state index in [9.17, 15) is 14.7 Å². The Morgan fingerprint density at radius 2 is 1.67 bits per heavy atom. The van der Waals surface area contributed by atoms with Crippen LogP contribution in [0.2, 0.25) is 0 Å². The maximum Gasteiger partial charge on any atom is 0.327 e. The van der Waals surface area contributed by atoms with Gasteiger partial charge in [-0.1, -0.05) is 0 Å². The molecule has 1 N–H and O–H groups in total. The number of carbonyl (C=O) groups is 2. The molecule has 1 rings (SSSR count). The molecule has 0 aromatic heterocycles. The number of hydrogen-bond donors (Lipinski definition) is 1. The van der Waals surface area contributed by atoms with Crippen LogP contribution in [0, 0.1) is 0 Å². The Morgan fingerprint density at radius 3 is 2.17 bits per heavy atom. The largest absolute Gasteiger partial charge is 0.466 e. The normalized spacial score (nSPS) is 22.5. The Kier molecular flexibility index (Phi) is 6.82. The van der Waals surface area contributed by atoms with Crippen LogP contribution in [-0.4, -0.2) is 45.4 Å². The second kappa shape index (κ2) is 7.83. The number of hydroxylamine groups is 2. The van der Waals surface area contributed by atoms with Crippen LogP contribution in [0.1, 0.15) is 80.1 Å². The van der Waals surface area contributed by atoms with Gasteiger partial charge >= 0.3 is 11.9 Å². The van der Waals surface area contributed by atoms with E-state index >= 15 is 0 Å². The number of piperidine rings is 1. The molecule has 0 saturated carbocycles. The van der Waals surface area contributed by atoms with Gasteiger partial charge in [0.15, 0.2) is 0 Å². The highest BCUT2D eigenvalue weighted by molar-refractivity contribution is 5.71. The molecule has 1 unspecified atom stereocenters. The highest BCUT2D eigenvalue weighted by Gasteiger charge is 2.44. The standard InChI is InChI=1S/C18H33NO5/c1-7-23-14(20)9-12-18(6,22)13-15(21)24-19-16(2,3)10-8-11-17(19,4)5/h22H,7-13H2,1-6H3. The summed E-state index contributed by atoms with van der Waals surface area (Å²) < 4.78 is 4.84. The van der Waals surface area contributed by atoms with Crippen LogP contribution >= 0.6 is 0 Å². The first-order valence-corrected chi connectivity index (χ1v) is 8.79. The molecule has 0 aromatic carbocycles. The predicted molar refractivity (Wildman–Crippen MR) is 91.0 cm³/mol. The minimum absolute atomic E-state index is 0.0782. The molecule has 1 saturated heterocycles. The molecule has 1 atom stereocenters. The van der Waals surface area contributed by atoms with Gasteiger partial charge in [0.2, 0.25) is 0 Å². The SMILES string of the molecule is CCOC(=O)CCC(C)(O)CC(=O)ON1C(C)(C)CCCC1(C)C. The van der Waals surface area contributed by atoms with E-state index in [1.54, 1.807) is 18.9 Å². The number of hydrogen-bond acceptors (Lipinski definition) is 6. The van der Waals surface area contributed by atoms with Crippen molar-refractivity contribution >= 4 is 11.9 Å². The first-order chi connectivity index (χ1) is 10.9. The predicted octanol–water partition coefficient (Wildman–Crippen LogP) is 2.97. The molecule has 140 valence electrons. The van der Waals surface area contributed by atoms with Gasteiger partial charge in [-0.25, -0.2) is 0 Å². The van der Waals surface area contributed by atoms with Crippen molar-refractivity contribution in [2.45, 2.75) is 96.7 Å². The summed E-state index contributed by atoms with van der Waals surface area (Å²) in [7, 11) is 0. The Morgan fingerprint density at radius 1 is 1.12 bits per heavy atom. The van der Waals surface area contributed by atoms with E-state index in [1.165, 1.54) is 0 Å². The lowest BCUT2D eigenvalue weighted by atomic mass is 9.82. The summed E-state index contributed by atoms with van der Waals surface area (Å²) in [6, 6.07) is 0. The molecule has 0 radical (unpaired) electrons. The summed E-state index contributed by atoms with van der Waals surface area (Å²) >= 11 is 0. The van der Waals surface area contributed by atoms with Crippen LogP contribution in [0.3, 0.4) is 0 Å². The summed E-state index contributed by atoms with van der Waals surface area (Å²) in [6.07, 6.45) is 3.06. The maximum atomic E-state index is 12.3. The van der Waals surface area contributed by atoms with Crippen LogP contribution in [0.4, 0.5) is 0 Å². The van der Waals surface area contributed by atoms with Crippen molar-refractivity contribution in [2.75, 3.05) is 6.61 Å². The van der Waals surface area contributed by atoms with Crippen molar-refractivity contribution in [3.63, 3.8) is 0 Å². The zero-order chi connectivity index (χ0) is 18.6. The monoisotopic (exact) mass is 343 g/mol. The molecule has 0 amide bonds. The fourth-order valence-electron chi connectivity index (χ4n) is 3.36. The molecule has 6 heteroatoms. The highest BCUT2D eigenvalue weighted by Crippen LogP contribution is 2.38. The second-order valence-corrected chi connectivity index (χ2v) is 8.21. The second-order valence-electron chi connectivity index (χ2n) is 8.21. The topological polar surface area (TPSA) is 76.1 Å².